The summed E-state index contributed by atoms with van der Waals surface area (Å²) in [6, 6.07) is -5.71. The van der Waals surface area contributed by atoms with Crippen LogP contribution in [0.2, 0.25) is 0 Å². The molecule has 44 nitrogen and oxygen atoms in total. The number of guanidine groups is 1. The molecule has 0 saturated carbocycles. The molecular formula is C84H129N23O21. The van der Waals surface area contributed by atoms with Crippen molar-refractivity contribution in [2.45, 2.75) is 268 Å². The standard InChI is InChI=1S/C84H129N23O21/c1-10-46(8)67(80(124)103-66(45(6)7)79(123)105-68(47(9)108)82(126)107-35-21-28-59(107)75(119)95-53(83(127)128)27-19-33-92-84(89)90)104-74(118)57(39-61(87)109)98-70(114)52(26-17-18-32-85)94-71(115)54(36-48-22-13-11-14-23-48)96-72(116)55(37-49-24-15-12-16-25-49)97-73(117)56(38-50-41-91-42-93-50)99-77(121)64(43(2)3)102-78(122)65(44(4)5)101-76(120)60-29-20-34-106(60)81(125)58(40-62(88)110)100-69(113)51(86)30-31-63(111)112/h11-16,22-25,41-47,51-60,64-68,108H,10,17-21,26-40,85-86H2,1-9H3,(H2,87,109)(H2,88,110)(H,91,93)(H,94,115)(H,95,119)(H,96,116)(H,97,117)(H,98,114)(H,99,121)(H,100,113)(H,101,120)(H,102,122)(H,103,124)(H,104,118)(H,105,123)(H,111,112)(H,127,128)(H4,89,90,92)/t46-,47+,51-,52-,53-,54-,55-,56-,57-,58-,59-,60-,64-,65-,66-,67-,68-/m0/s1. The molecule has 16 amide bonds. The molecule has 2 aliphatic heterocycles. The van der Waals surface area contributed by atoms with Gasteiger partial charge < -0.3 is 128 Å². The van der Waals surface area contributed by atoms with Gasteiger partial charge in [-0.25, -0.2) is 9.78 Å². The zero-order valence-electron chi connectivity index (χ0n) is 73.7. The number of nitrogens with zero attached hydrogens (tertiary/aromatic N) is 3. The first-order valence-corrected chi connectivity index (χ1v) is 43.0. The number of imidazole rings is 1. The predicted octanol–water partition coefficient (Wildman–Crippen LogP) is -4.95. The van der Waals surface area contributed by atoms with Gasteiger partial charge in [-0.2, -0.15) is 0 Å². The molecule has 706 valence electrons. The molecule has 0 radical (unpaired) electrons. The van der Waals surface area contributed by atoms with E-state index >= 15 is 14.4 Å². The Morgan fingerprint density at radius 2 is 0.891 bits per heavy atom. The third-order valence-electron chi connectivity index (χ3n) is 21.9. The van der Waals surface area contributed by atoms with Gasteiger partial charge in [-0.15, -0.1) is 0 Å². The van der Waals surface area contributed by atoms with E-state index in [-0.39, 0.29) is 109 Å². The molecule has 44 heteroatoms. The van der Waals surface area contributed by atoms with Gasteiger partial charge in [0.05, 0.1) is 31.3 Å². The van der Waals surface area contributed by atoms with Crippen molar-refractivity contribution in [3.05, 3.63) is 90.0 Å². The monoisotopic (exact) mass is 1800 g/mol. The summed E-state index contributed by atoms with van der Waals surface area (Å²) < 4.78 is 0. The minimum Gasteiger partial charge on any atom is -0.481 e. The Balaban J connectivity index is 1.38. The minimum absolute atomic E-state index is 0.0140. The smallest absolute Gasteiger partial charge is 0.326 e. The van der Waals surface area contributed by atoms with Crippen LogP contribution >= 0.6 is 0 Å². The Morgan fingerprint density at radius 3 is 1.35 bits per heavy atom. The quantitative estimate of drug-likeness (QED) is 0.0143. The number of rotatable bonds is 54. The number of unbranched alkanes of at least 4 members (excludes halogenated alkanes) is 1. The maximum absolute atomic E-state index is 15.3. The number of hydrogen-bond acceptors (Lipinski definition) is 23. The first-order chi connectivity index (χ1) is 60.5. The molecule has 1 aromatic heterocycles. The summed E-state index contributed by atoms with van der Waals surface area (Å²) in [4.78, 5) is 260. The number of aliphatic hydroxyl groups excluding tert-OH is 1. The molecule has 0 aliphatic carbocycles. The lowest BCUT2D eigenvalue weighted by molar-refractivity contribution is -0.146. The van der Waals surface area contributed by atoms with Crippen LogP contribution in [-0.4, -0.2) is 270 Å². The zero-order chi connectivity index (χ0) is 95.3. The van der Waals surface area contributed by atoms with Crippen molar-refractivity contribution in [1.82, 2.24) is 88.9 Å². The van der Waals surface area contributed by atoms with Gasteiger partial charge in [-0.1, -0.05) is 122 Å². The highest BCUT2D eigenvalue weighted by atomic mass is 16.4. The van der Waals surface area contributed by atoms with Gasteiger partial charge in [0.1, 0.15) is 84.6 Å². The number of carbonyl (C=O) groups is 18. The SMILES string of the molecule is CC[C@H](C)[C@H](NC(=O)[C@H](CC(N)=O)NC(=O)[C@H](CCCCN)NC(=O)[C@H](Cc1ccccc1)NC(=O)[C@H](Cc1ccccc1)NC(=O)[C@H](Cc1cnc[nH]1)NC(=O)[C@@H](NC(=O)[C@@H](NC(=O)[C@@H]1CCCN1C(=O)[C@H](CC(N)=O)NC(=O)[C@@H](N)CCC(=O)O)C(C)C)C(C)C)C(=O)N[C@H](C(=O)N[C@H](C(=O)N1CCC[C@H]1C(=O)N[C@@H](CCCNC(=N)N)C(=O)O)[C@@H](C)O)C(C)C. The molecule has 0 spiro atoms. The van der Waals surface area contributed by atoms with Gasteiger partial charge in [0.15, 0.2) is 5.96 Å². The Labute approximate surface area is 741 Å². The van der Waals surface area contributed by atoms with E-state index in [4.69, 9.17) is 39.2 Å². The fraction of sp³-hybridized carbons (Fsp3) is 0.595. The molecule has 2 fully saturated rings. The summed E-state index contributed by atoms with van der Waals surface area (Å²) in [5.41, 5.74) is 29.6. The molecule has 128 heavy (non-hydrogen) atoms. The van der Waals surface area contributed by atoms with E-state index in [0.29, 0.717) is 29.7 Å². The van der Waals surface area contributed by atoms with E-state index < -0.39 is 246 Å². The number of amides is 16. The Hall–Kier alpha value is -12.7. The van der Waals surface area contributed by atoms with Crippen molar-refractivity contribution < 1.29 is 102 Å². The Bertz CT molecular complexity index is 4310. The number of likely N-dealkylation sites (tertiary alicyclic amines) is 2. The fourth-order valence-electron chi connectivity index (χ4n) is 14.5. The molecule has 3 aromatic rings. The van der Waals surface area contributed by atoms with Crippen molar-refractivity contribution in [2.24, 2.45) is 52.3 Å². The topological polar surface area (TPSA) is 713 Å². The average molecular weight is 1800 g/mol. The van der Waals surface area contributed by atoms with Crippen LogP contribution in [0.3, 0.4) is 0 Å². The number of carboxylic acid groups (broad SMARTS) is 2. The van der Waals surface area contributed by atoms with E-state index in [0.717, 1.165) is 9.80 Å². The lowest BCUT2D eigenvalue weighted by Crippen LogP contribution is -2.63. The van der Waals surface area contributed by atoms with Crippen LogP contribution in [0.15, 0.2) is 73.2 Å². The van der Waals surface area contributed by atoms with Crippen LogP contribution in [0, 0.1) is 29.1 Å². The van der Waals surface area contributed by atoms with E-state index in [1.54, 1.807) is 116 Å². The fourth-order valence-corrected chi connectivity index (χ4v) is 14.5. The number of aliphatic hydroxyl groups is 1. The third-order valence-corrected chi connectivity index (χ3v) is 21.9. The molecule has 0 unspecified atom stereocenters. The second-order valence-corrected chi connectivity index (χ2v) is 33.2. The average Bonchev–Trinajstić information content (AvgIpc) is 1.68. The molecular weight excluding hydrogens is 1670 g/mol. The maximum Gasteiger partial charge on any atom is 0.326 e. The number of aliphatic carboxylic acids is 2. The molecule has 2 aromatic carbocycles. The van der Waals surface area contributed by atoms with Crippen LogP contribution in [0.1, 0.15) is 169 Å². The lowest BCUT2D eigenvalue weighted by atomic mass is 9.95. The van der Waals surface area contributed by atoms with E-state index in [2.05, 4.69) is 79.1 Å². The number of nitrogens with one attached hydrogen (secondary N) is 15. The first kappa shape index (κ1) is 106. The number of nitrogens with two attached hydrogens (primary N) is 5. The summed E-state index contributed by atoms with van der Waals surface area (Å²) in [7, 11) is 0. The molecule has 28 N–H and O–H groups in total. The van der Waals surface area contributed by atoms with Gasteiger partial charge in [0.2, 0.25) is 94.5 Å². The number of aromatic amines is 1. The van der Waals surface area contributed by atoms with Crippen molar-refractivity contribution in [2.75, 3.05) is 26.2 Å². The molecule has 0 bridgehead atoms. The van der Waals surface area contributed by atoms with Gasteiger partial charge in [-0.05, 0) is 112 Å². The molecule has 2 saturated heterocycles. The normalized spacial score (nSPS) is 17.2. The van der Waals surface area contributed by atoms with Crippen molar-refractivity contribution in [1.29, 1.82) is 5.41 Å². The predicted molar refractivity (Wildman–Crippen MR) is 463 cm³/mol. The van der Waals surface area contributed by atoms with Crippen molar-refractivity contribution in [3.63, 3.8) is 0 Å². The lowest BCUT2D eigenvalue weighted by Gasteiger charge is -2.33. The summed E-state index contributed by atoms with van der Waals surface area (Å²) >= 11 is 0. The largest absolute Gasteiger partial charge is 0.481 e. The van der Waals surface area contributed by atoms with Crippen molar-refractivity contribution in [3.8, 4) is 0 Å². The van der Waals surface area contributed by atoms with Crippen LogP contribution in [0.4, 0.5) is 0 Å². The molecule has 3 heterocycles. The van der Waals surface area contributed by atoms with E-state index in [9.17, 15) is 82.1 Å². The minimum atomic E-state index is -1.85. The van der Waals surface area contributed by atoms with Gasteiger partial charge in [0.25, 0.3) is 0 Å². The molecule has 5 rings (SSSR count). The summed E-state index contributed by atoms with van der Waals surface area (Å²) in [5.74, 6) is -21.0. The second kappa shape index (κ2) is 52.4. The van der Waals surface area contributed by atoms with Gasteiger partial charge >= 0.3 is 11.9 Å². The Morgan fingerprint density at radius 1 is 0.477 bits per heavy atom. The molecule has 2 aliphatic rings. The highest BCUT2D eigenvalue weighted by molar-refractivity contribution is 6.02. The van der Waals surface area contributed by atoms with Gasteiger partial charge in [-0.3, -0.25) is 86.9 Å². The summed E-state index contributed by atoms with van der Waals surface area (Å²) in [6.45, 7) is 14.2. The Kier molecular flexibility index (Phi) is 43.3. The highest BCUT2D eigenvalue weighted by Crippen LogP contribution is 2.24. The third kappa shape index (κ3) is 33.9. The zero-order valence-corrected chi connectivity index (χ0v) is 73.7. The number of hydrogen-bond donors (Lipinski definition) is 23. The number of benzene rings is 2. The summed E-state index contributed by atoms with van der Waals surface area (Å²) in [5, 5.41) is 71.2. The second-order valence-electron chi connectivity index (χ2n) is 33.2. The molecule has 17 atom stereocenters. The van der Waals surface area contributed by atoms with E-state index in [1.807, 2.05) is 0 Å². The number of carbonyl (C=O) groups excluding carboxylic acids is 16. The van der Waals surface area contributed by atoms with Crippen LogP contribution in [0.25, 0.3) is 0 Å². The van der Waals surface area contributed by atoms with Crippen molar-refractivity contribution >= 4 is 112 Å². The van der Waals surface area contributed by atoms with Crippen LogP contribution in [0.5, 0.6) is 0 Å². The number of primary amides is 2. The van der Waals surface area contributed by atoms with E-state index in [1.165, 1.54) is 19.4 Å². The van der Waals surface area contributed by atoms with Gasteiger partial charge in [0, 0.05) is 57.2 Å². The van der Waals surface area contributed by atoms with Crippen LogP contribution < -0.4 is 97.8 Å². The number of H-pyrrole nitrogens is 1. The summed E-state index contributed by atoms with van der Waals surface area (Å²) in [6.07, 6.45) is -0.603. The number of carboxylic acids is 2. The highest BCUT2D eigenvalue weighted by Gasteiger charge is 2.45. The maximum atomic E-state index is 15.3. The first-order valence-electron chi connectivity index (χ1n) is 43.0. The van der Waals surface area contributed by atoms with Crippen LogP contribution in [-0.2, 0) is 106 Å². The number of aromatic nitrogens is 2.